The number of hydrogen-bond acceptors (Lipinski definition) is 6. The van der Waals surface area contributed by atoms with Crippen molar-refractivity contribution in [2.24, 2.45) is 0 Å². The van der Waals surface area contributed by atoms with Gasteiger partial charge in [0.15, 0.2) is 0 Å². The molecule has 2 N–H and O–H groups in total. The van der Waals surface area contributed by atoms with Crippen LogP contribution < -0.4 is 5.56 Å². The fourth-order valence-electron chi connectivity index (χ4n) is 3.35. The van der Waals surface area contributed by atoms with Crippen LogP contribution in [0.1, 0.15) is 51.0 Å². The summed E-state index contributed by atoms with van der Waals surface area (Å²) in [5, 5.41) is 15.2. The molecule has 3 aromatic heterocycles. The second-order valence-electron chi connectivity index (χ2n) is 7.76. The van der Waals surface area contributed by atoms with Crippen molar-refractivity contribution in [1.82, 2.24) is 14.8 Å². The number of nitrogens with zero attached hydrogens (tertiary/aromatic N) is 2. The normalized spacial score (nSPS) is 17.1. The van der Waals surface area contributed by atoms with Gasteiger partial charge in [-0.05, 0) is 51.7 Å². The molecule has 142 valence electrons. The van der Waals surface area contributed by atoms with E-state index in [1.807, 2.05) is 6.07 Å². The Balaban J connectivity index is 1.75. The molecule has 0 saturated heterocycles. The van der Waals surface area contributed by atoms with Crippen molar-refractivity contribution in [3.8, 4) is 10.4 Å². The molecular formula is C19H21N3O4S. The number of thiophene rings is 1. The monoisotopic (exact) mass is 387 g/mol. The van der Waals surface area contributed by atoms with E-state index < -0.39 is 17.8 Å². The molecule has 1 atom stereocenters. The predicted octanol–water partition coefficient (Wildman–Crippen LogP) is 3.61. The van der Waals surface area contributed by atoms with Crippen molar-refractivity contribution in [3.05, 3.63) is 40.1 Å². The number of ether oxygens (including phenoxy) is 1. The predicted molar refractivity (Wildman–Crippen MR) is 103 cm³/mol. The Bertz CT molecular complexity index is 1090. The summed E-state index contributed by atoms with van der Waals surface area (Å²) in [7, 11) is 0. The van der Waals surface area contributed by atoms with Gasteiger partial charge in [-0.15, -0.1) is 11.3 Å². The van der Waals surface area contributed by atoms with Crippen LogP contribution in [0.5, 0.6) is 0 Å². The number of aliphatic hydroxyl groups is 1. The molecule has 0 fully saturated rings. The van der Waals surface area contributed by atoms with Gasteiger partial charge in [0.1, 0.15) is 10.3 Å². The molecule has 0 bridgehead atoms. The number of aliphatic hydroxyl groups excluding tert-OH is 1. The van der Waals surface area contributed by atoms with E-state index in [1.165, 1.54) is 11.3 Å². The van der Waals surface area contributed by atoms with Crippen molar-refractivity contribution in [3.63, 3.8) is 0 Å². The first-order chi connectivity index (χ1) is 12.7. The number of pyridine rings is 1. The van der Waals surface area contributed by atoms with Crippen molar-refractivity contribution in [1.29, 1.82) is 0 Å². The number of hydrogen-bond donors (Lipinski definition) is 2. The largest absolute Gasteiger partial charge is 0.442 e. The summed E-state index contributed by atoms with van der Waals surface area (Å²) in [6, 6.07) is 1.95. The highest BCUT2D eigenvalue weighted by molar-refractivity contribution is 7.22. The molecule has 0 radical (unpaired) electrons. The van der Waals surface area contributed by atoms with Crippen LogP contribution >= 0.6 is 11.3 Å². The fourth-order valence-corrected chi connectivity index (χ4v) is 4.41. The number of nitrogens with one attached hydrogen (secondary N) is 1. The van der Waals surface area contributed by atoms with E-state index in [2.05, 4.69) is 10.1 Å². The summed E-state index contributed by atoms with van der Waals surface area (Å²) in [4.78, 5) is 28.3. The van der Waals surface area contributed by atoms with Crippen LogP contribution in [-0.2, 0) is 11.2 Å². The number of aryl methyl sites for hydroxylation is 1. The molecule has 4 rings (SSSR count). The average molecular weight is 387 g/mol. The molecule has 1 aliphatic rings. The zero-order valence-corrected chi connectivity index (χ0v) is 16.2. The molecule has 0 aliphatic heterocycles. The zero-order chi connectivity index (χ0) is 19.3. The number of rotatable bonds is 1. The van der Waals surface area contributed by atoms with E-state index in [4.69, 9.17) is 4.74 Å². The smallest absolute Gasteiger partial charge is 0.435 e. The number of H-pyrrole nitrogens is 1. The maximum absolute atomic E-state index is 12.5. The number of carbonyl (C=O) groups is 1. The van der Waals surface area contributed by atoms with E-state index in [-0.39, 0.29) is 5.56 Å². The summed E-state index contributed by atoms with van der Waals surface area (Å²) in [5.74, 6) is 0. The summed E-state index contributed by atoms with van der Waals surface area (Å²) >= 11 is 1.36. The lowest BCUT2D eigenvalue weighted by Crippen LogP contribution is -2.27. The Morgan fingerprint density at radius 1 is 1.44 bits per heavy atom. The van der Waals surface area contributed by atoms with Gasteiger partial charge < -0.3 is 14.8 Å². The highest BCUT2D eigenvalue weighted by Crippen LogP contribution is 2.38. The Morgan fingerprint density at radius 3 is 2.96 bits per heavy atom. The lowest BCUT2D eigenvalue weighted by atomic mass is 9.91. The summed E-state index contributed by atoms with van der Waals surface area (Å²) < 4.78 is 7.11. The Hall–Kier alpha value is -2.45. The number of carbonyl (C=O) groups excluding carboxylic acids is 1. The van der Waals surface area contributed by atoms with Gasteiger partial charge in [0.25, 0.3) is 5.56 Å². The van der Waals surface area contributed by atoms with Gasteiger partial charge in [-0.3, -0.25) is 4.79 Å². The molecule has 7 nitrogen and oxygen atoms in total. The first-order valence-electron chi connectivity index (χ1n) is 8.88. The SMILES string of the molecule is CC(C)(C)OC(=O)n1cc(-c2cc3c4c([nH]c(=O)c3s2)C(O)CCC4)cn1. The summed E-state index contributed by atoms with van der Waals surface area (Å²) in [5.41, 5.74) is 1.58. The van der Waals surface area contributed by atoms with Crippen molar-refractivity contribution in [2.45, 2.75) is 51.7 Å². The number of fused-ring (bicyclic) bond motifs is 3. The summed E-state index contributed by atoms with van der Waals surface area (Å²) in [6.07, 6.45) is 4.40. The maximum Gasteiger partial charge on any atom is 0.435 e. The molecule has 0 spiro atoms. The molecule has 8 heteroatoms. The quantitative estimate of drug-likeness (QED) is 0.665. The number of aromatic amines is 1. The third-order valence-corrected chi connectivity index (χ3v) is 5.70. The van der Waals surface area contributed by atoms with Gasteiger partial charge in [0.2, 0.25) is 0 Å². The Kier molecular flexibility index (Phi) is 4.20. The van der Waals surface area contributed by atoms with Crippen molar-refractivity contribution in [2.75, 3.05) is 0 Å². The Labute approximate surface area is 159 Å². The van der Waals surface area contributed by atoms with E-state index in [0.717, 1.165) is 38.9 Å². The van der Waals surface area contributed by atoms with Crippen LogP contribution in [-0.4, -0.2) is 31.6 Å². The summed E-state index contributed by atoms with van der Waals surface area (Å²) in [6.45, 7) is 5.39. The highest BCUT2D eigenvalue weighted by Gasteiger charge is 2.24. The third kappa shape index (κ3) is 3.30. The van der Waals surface area contributed by atoms with Crippen LogP contribution in [0.3, 0.4) is 0 Å². The topological polar surface area (TPSA) is 97.2 Å². The van der Waals surface area contributed by atoms with E-state index in [9.17, 15) is 14.7 Å². The number of aromatic nitrogens is 3. The van der Waals surface area contributed by atoms with Gasteiger partial charge in [-0.2, -0.15) is 9.78 Å². The lowest BCUT2D eigenvalue weighted by molar-refractivity contribution is 0.0514. The van der Waals surface area contributed by atoms with E-state index in [0.29, 0.717) is 16.8 Å². The van der Waals surface area contributed by atoms with Crippen LogP contribution in [0.25, 0.3) is 20.5 Å². The first kappa shape index (κ1) is 17.9. The molecule has 0 aromatic carbocycles. The van der Waals surface area contributed by atoms with E-state index in [1.54, 1.807) is 33.2 Å². The van der Waals surface area contributed by atoms with Crippen LogP contribution in [0.2, 0.25) is 0 Å². The minimum absolute atomic E-state index is 0.194. The van der Waals surface area contributed by atoms with Gasteiger partial charge >= 0.3 is 6.09 Å². The zero-order valence-electron chi connectivity index (χ0n) is 15.4. The third-order valence-electron chi connectivity index (χ3n) is 4.52. The minimum atomic E-state index is -0.621. The molecule has 3 heterocycles. The molecule has 0 amide bonds. The fraction of sp³-hybridized carbons (Fsp3) is 0.421. The standard InChI is InChI=1S/C19H21N3O4S/c1-19(2,3)26-18(25)22-9-10(8-20-22)14-7-12-11-5-4-6-13(23)15(11)21-17(24)16(12)27-14/h7-9,13,23H,4-6H2,1-3H3,(H,21,24). The van der Waals surface area contributed by atoms with Gasteiger partial charge in [-0.1, -0.05) is 0 Å². The molecule has 27 heavy (non-hydrogen) atoms. The van der Waals surface area contributed by atoms with Gasteiger partial charge in [-0.25, -0.2) is 4.79 Å². The van der Waals surface area contributed by atoms with Crippen molar-refractivity contribution < 1.29 is 14.6 Å². The van der Waals surface area contributed by atoms with Crippen molar-refractivity contribution >= 4 is 27.5 Å². The second kappa shape index (κ2) is 6.31. The molecule has 1 aliphatic carbocycles. The van der Waals surface area contributed by atoms with E-state index >= 15 is 0 Å². The van der Waals surface area contributed by atoms with Gasteiger partial charge in [0, 0.05) is 22.0 Å². The molecular weight excluding hydrogens is 366 g/mol. The minimum Gasteiger partial charge on any atom is -0.442 e. The maximum atomic E-state index is 12.5. The first-order valence-corrected chi connectivity index (χ1v) is 9.69. The second-order valence-corrected chi connectivity index (χ2v) is 8.81. The molecule has 1 unspecified atom stereocenters. The highest BCUT2D eigenvalue weighted by atomic mass is 32.1. The van der Waals surface area contributed by atoms with Crippen LogP contribution in [0.15, 0.2) is 23.3 Å². The van der Waals surface area contributed by atoms with Gasteiger partial charge in [0.05, 0.1) is 18.0 Å². The Morgan fingerprint density at radius 2 is 2.22 bits per heavy atom. The lowest BCUT2D eigenvalue weighted by Gasteiger charge is -2.21. The average Bonchev–Trinajstić information content (AvgIpc) is 3.21. The van der Waals surface area contributed by atoms with Crippen LogP contribution in [0.4, 0.5) is 4.79 Å². The molecule has 3 aromatic rings. The molecule has 0 saturated carbocycles. The van der Waals surface area contributed by atoms with Crippen LogP contribution in [0, 0.1) is 0 Å².